The summed E-state index contributed by atoms with van der Waals surface area (Å²) >= 11 is 0. The zero-order chi connectivity index (χ0) is 33.6. The van der Waals surface area contributed by atoms with Crippen LogP contribution in [0.4, 0.5) is 11.4 Å². The first-order chi connectivity index (χ1) is 23.4. The third kappa shape index (κ3) is 4.64. The average Bonchev–Trinajstić information content (AvgIpc) is 3.36. The number of nitrogens with zero attached hydrogens (tertiary/aromatic N) is 4. The highest BCUT2D eigenvalue weighted by molar-refractivity contribution is 6.03. The maximum atomic E-state index is 14.5. The molecule has 1 aromatic heterocycles. The highest BCUT2D eigenvalue weighted by Gasteiger charge is 2.57. The second kappa shape index (κ2) is 12.2. The summed E-state index contributed by atoms with van der Waals surface area (Å²) in [6.07, 6.45) is 2.79. The van der Waals surface area contributed by atoms with Crippen LogP contribution in [0.25, 0.3) is 11.0 Å². The van der Waals surface area contributed by atoms with Crippen LogP contribution >= 0.6 is 0 Å². The Labute approximate surface area is 279 Å². The average molecular weight is 643 g/mol. The zero-order valence-corrected chi connectivity index (χ0v) is 27.8. The molecule has 0 saturated heterocycles. The largest absolute Gasteiger partial charge is 0.497 e. The van der Waals surface area contributed by atoms with E-state index in [-0.39, 0.29) is 16.9 Å². The van der Waals surface area contributed by atoms with Crippen LogP contribution in [0.15, 0.2) is 99.4 Å². The fourth-order valence-electron chi connectivity index (χ4n) is 7.11. The number of hydrazone groups is 1. The van der Waals surface area contributed by atoms with Crippen LogP contribution in [0.2, 0.25) is 0 Å². The number of methoxy groups -OCH3 is 1. The van der Waals surface area contributed by atoms with E-state index >= 15 is 0 Å². The molecule has 4 aromatic carbocycles. The number of hydrogen-bond donors (Lipinski definition) is 0. The molecule has 48 heavy (non-hydrogen) atoms. The van der Waals surface area contributed by atoms with E-state index in [4.69, 9.17) is 19.0 Å². The highest BCUT2D eigenvalue weighted by Crippen LogP contribution is 2.58. The van der Waals surface area contributed by atoms with Gasteiger partial charge in [0.15, 0.2) is 0 Å². The van der Waals surface area contributed by atoms with Crippen molar-refractivity contribution < 1.29 is 18.7 Å². The Morgan fingerprint density at radius 2 is 1.42 bits per heavy atom. The molecule has 0 saturated carbocycles. The Bertz CT molecular complexity index is 2070. The van der Waals surface area contributed by atoms with E-state index in [9.17, 15) is 9.59 Å². The molecule has 1 spiro atoms. The van der Waals surface area contributed by atoms with Gasteiger partial charge in [-0.05, 0) is 64.1 Å². The summed E-state index contributed by atoms with van der Waals surface area (Å²) in [5.41, 5.74) is 4.12. The van der Waals surface area contributed by atoms with Crippen molar-refractivity contribution in [1.82, 2.24) is 5.01 Å². The van der Waals surface area contributed by atoms with Gasteiger partial charge in [-0.1, -0.05) is 30.3 Å². The lowest BCUT2D eigenvalue weighted by Crippen LogP contribution is -2.44. The number of fused-ring (bicyclic) bond motifs is 7. The minimum Gasteiger partial charge on any atom is -0.497 e. The molecule has 3 heterocycles. The molecule has 2 aliphatic heterocycles. The first-order valence-electron chi connectivity index (χ1n) is 16.4. The van der Waals surface area contributed by atoms with Crippen molar-refractivity contribution in [1.29, 1.82) is 0 Å². The van der Waals surface area contributed by atoms with Crippen LogP contribution in [0.5, 0.6) is 17.2 Å². The van der Waals surface area contributed by atoms with Gasteiger partial charge in [0.1, 0.15) is 34.6 Å². The predicted octanol–water partition coefficient (Wildman–Crippen LogP) is 7.38. The number of rotatable bonds is 9. The van der Waals surface area contributed by atoms with E-state index in [2.05, 4.69) is 61.8 Å². The molecule has 0 fully saturated rings. The summed E-state index contributed by atoms with van der Waals surface area (Å²) in [5, 5.41) is 6.71. The number of hydrogen-bond acceptors (Lipinski definition) is 8. The van der Waals surface area contributed by atoms with Gasteiger partial charge in [-0.3, -0.25) is 9.59 Å². The topological polar surface area (TPSA) is 87.8 Å². The minimum absolute atomic E-state index is 0.205. The number of amides is 1. The monoisotopic (exact) mass is 642 g/mol. The Balaban J connectivity index is 1.48. The molecule has 0 bridgehead atoms. The van der Waals surface area contributed by atoms with Crippen LogP contribution < -0.4 is 24.7 Å². The molecule has 9 heteroatoms. The maximum absolute atomic E-state index is 14.5. The molecule has 5 aromatic rings. The SMILES string of the molecule is CCN(CC)c1ccc2c(c1)Oc1cc(N(CC)CC)ccc1C21c2ccccc2C(=O)N1/N=C/c1coc2ccc(OC)cc2c1=O. The lowest BCUT2D eigenvalue weighted by Gasteiger charge is -2.42. The summed E-state index contributed by atoms with van der Waals surface area (Å²) in [7, 11) is 1.55. The number of carbonyl (C=O) groups is 1. The van der Waals surface area contributed by atoms with Crippen molar-refractivity contribution >= 4 is 34.5 Å². The predicted molar refractivity (Wildman–Crippen MR) is 189 cm³/mol. The Morgan fingerprint density at radius 3 is 2.02 bits per heavy atom. The van der Waals surface area contributed by atoms with Gasteiger partial charge in [-0.25, -0.2) is 5.01 Å². The highest BCUT2D eigenvalue weighted by atomic mass is 16.5. The molecule has 0 N–H and O–H groups in total. The van der Waals surface area contributed by atoms with Crippen molar-refractivity contribution in [2.75, 3.05) is 43.1 Å². The van der Waals surface area contributed by atoms with Crippen molar-refractivity contribution in [3.05, 3.63) is 123 Å². The van der Waals surface area contributed by atoms with Gasteiger partial charge >= 0.3 is 0 Å². The molecule has 244 valence electrons. The van der Waals surface area contributed by atoms with E-state index in [1.165, 1.54) is 17.5 Å². The Morgan fingerprint density at radius 1 is 0.792 bits per heavy atom. The van der Waals surface area contributed by atoms with Crippen molar-refractivity contribution in [3.8, 4) is 17.2 Å². The van der Waals surface area contributed by atoms with Gasteiger partial charge in [-0.2, -0.15) is 5.10 Å². The quantitative estimate of drug-likeness (QED) is 0.155. The lowest BCUT2D eigenvalue weighted by molar-refractivity contribution is 0.0675. The number of anilines is 2. The number of carbonyl (C=O) groups excluding carboxylic acids is 1. The van der Waals surface area contributed by atoms with E-state index in [0.717, 1.165) is 54.2 Å². The maximum Gasteiger partial charge on any atom is 0.275 e. The van der Waals surface area contributed by atoms with Crippen LogP contribution in [0, 0.1) is 0 Å². The number of ether oxygens (including phenoxy) is 2. The minimum atomic E-state index is -1.17. The van der Waals surface area contributed by atoms with Crippen molar-refractivity contribution in [2.24, 2.45) is 5.10 Å². The van der Waals surface area contributed by atoms with Gasteiger partial charge < -0.3 is 23.7 Å². The fraction of sp³-hybridized carbons (Fsp3) is 0.256. The molecule has 0 radical (unpaired) electrons. The van der Waals surface area contributed by atoms with Crippen LogP contribution in [0.3, 0.4) is 0 Å². The van der Waals surface area contributed by atoms with Gasteiger partial charge in [0.25, 0.3) is 5.91 Å². The van der Waals surface area contributed by atoms with Crippen LogP contribution in [-0.2, 0) is 5.54 Å². The Kier molecular flexibility index (Phi) is 7.91. The first-order valence-corrected chi connectivity index (χ1v) is 16.4. The second-order valence-electron chi connectivity index (χ2n) is 11.8. The molecule has 7 rings (SSSR count). The van der Waals surface area contributed by atoms with Crippen molar-refractivity contribution in [2.45, 2.75) is 33.2 Å². The Hall–Kier alpha value is -5.57. The van der Waals surface area contributed by atoms with E-state index in [1.54, 1.807) is 25.3 Å². The fourth-order valence-corrected chi connectivity index (χ4v) is 7.11. The normalized spacial score (nSPS) is 14.2. The summed E-state index contributed by atoms with van der Waals surface area (Å²) in [4.78, 5) is 32.6. The molecular weight excluding hydrogens is 604 g/mol. The third-order valence-corrected chi connectivity index (χ3v) is 9.56. The second-order valence-corrected chi connectivity index (χ2v) is 11.8. The molecule has 9 nitrogen and oxygen atoms in total. The summed E-state index contributed by atoms with van der Waals surface area (Å²) < 4.78 is 17.9. The van der Waals surface area contributed by atoms with E-state index in [1.807, 2.05) is 36.4 Å². The summed E-state index contributed by atoms with van der Waals surface area (Å²) in [6.45, 7) is 11.8. The molecular formula is C39H38N4O5. The van der Waals surface area contributed by atoms with Gasteiger partial charge in [0.05, 0.1) is 24.3 Å². The smallest absolute Gasteiger partial charge is 0.275 e. The van der Waals surface area contributed by atoms with Gasteiger partial charge in [0, 0.05) is 71.9 Å². The lowest BCUT2D eigenvalue weighted by atomic mass is 9.75. The summed E-state index contributed by atoms with van der Waals surface area (Å²) in [6, 6.07) is 25.0. The molecule has 1 amide bonds. The van der Waals surface area contributed by atoms with Crippen molar-refractivity contribution in [3.63, 3.8) is 0 Å². The van der Waals surface area contributed by atoms with E-state index in [0.29, 0.717) is 33.8 Å². The van der Waals surface area contributed by atoms with Crippen LogP contribution in [-0.4, -0.2) is 50.4 Å². The summed E-state index contributed by atoms with van der Waals surface area (Å²) in [5.74, 6) is 1.54. The zero-order valence-electron chi connectivity index (χ0n) is 27.8. The van der Waals surface area contributed by atoms with E-state index < -0.39 is 5.54 Å². The van der Waals surface area contributed by atoms with Gasteiger partial charge in [0.2, 0.25) is 5.43 Å². The molecule has 0 atom stereocenters. The molecule has 0 unspecified atom stereocenters. The molecule has 0 aliphatic carbocycles. The first kappa shape index (κ1) is 31.1. The van der Waals surface area contributed by atoms with Gasteiger partial charge in [-0.15, -0.1) is 0 Å². The third-order valence-electron chi connectivity index (χ3n) is 9.56. The molecule has 2 aliphatic rings. The standard InChI is InChI=1S/C39H38N4O5/c1-6-41(7-2)26-14-17-32-35(20-26)48-36-21-27(42(8-3)9-4)15-18-33(36)39(32)31-13-11-10-12-29(31)38(45)43(39)40-23-25-24-47-34-19-16-28(46-5)22-30(34)37(25)44/h10-24H,6-9H2,1-5H3/b40-23+. The van der Waals surface area contributed by atoms with Crippen LogP contribution in [0.1, 0.15) is 60.3 Å². The number of benzene rings is 4.